The van der Waals surface area contributed by atoms with Crippen molar-refractivity contribution in [2.75, 3.05) is 39.5 Å². The van der Waals surface area contributed by atoms with Gasteiger partial charge in [-0.1, -0.05) is 64.1 Å². The molecule has 0 aromatic heterocycles. The molecule has 0 spiro atoms. The number of hydrogen-bond donors (Lipinski definition) is 1. The maximum absolute atomic E-state index is 13.9. The largest absolute Gasteiger partial charge is 0.454 e. The van der Waals surface area contributed by atoms with E-state index < -0.39 is 0 Å². The van der Waals surface area contributed by atoms with Gasteiger partial charge < -0.3 is 24.6 Å². The van der Waals surface area contributed by atoms with Gasteiger partial charge in [-0.15, -0.1) is 0 Å². The Morgan fingerprint density at radius 3 is 2.50 bits per heavy atom. The van der Waals surface area contributed by atoms with Crippen LogP contribution in [0.5, 0.6) is 11.5 Å². The highest BCUT2D eigenvalue weighted by Crippen LogP contribution is 2.35. The summed E-state index contributed by atoms with van der Waals surface area (Å²) < 4.78 is 11.1. The van der Waals surface area contributed by atoms with Gasteiger partial charge in [-0.25, -0.2) is 0 Å². The van der Waals surface area contributed by atoms with Gasteiger partial charge in [-0.2, -0.15) is 0 Å². The number of fused-ring (bicyclic) bond motifs is 1. The molecule has 2 fully saturated rings. The van der Waals surface area contributed by atoms with Crippen LogP contribution in [0.25, 0.3) is 0 Å². The van der Waals surface area contributed by atoms with Gasteiger partial charge in [0.2, 0.25) is 18.6 Å². The van der Waals surface area contributed by atoms with Gasteiger partial charge in [0.1, 0.15) is 0 Å². The normalized spacial score (nSPS) is 20.8. The van der Waals surface area contributed by atoms with Crippen LogP contribution in [0.3, 0.4) is 0 Å². The van der Waals surface area contributed by atoms with E-state index >= 15 is 0 Å². The molecule has 1 N–H and O–H groups in total. The third-order valence-electron chi connectivity index (χ3n) is 7.80. The number of amides is 2. The van der Waals surface area contributed by atoms with Crippen molar-refractivity contribution < 1.29 is 19.1 Å². The third kappa shape index (κ3) is 7.15. The van der Waals surface area contributed by atoms with Crippen molar-refractivity contribution in [3.8, 4) is 11.5 Å². The summed E-state index contributed by atoms with van der Waals surface area (Å²) in [6, 6.07) is 14.0. The fraction of sp³-hybridized carbons (Fsp3) is 0.562. The van der Waals surface area contributed by atoms with Crippen LogP contribution in [0.2, 0.25) is 0 Å². The van der Waals surface area contributed by atoms with Crippen LogP contribution in [0.4, 0.5) is 0 Å². The molecule has 218 valence electrons. The summed E-state index contributed by atoms with van der Waals surface area (Å²) in [6.45, 7) is 13.5. The predicted molar refractivity (Wildman–Crippen MR) is 157 cm³/mol. The van der Waals surface area contributed by atoms with Gasteiger partial charge in [0, 0.05) is 58.3 Å². The van der Waals surface area contributed by atoms with Gasteiger partial charge in [-0.3, -0.25) is 14.5 Å². The fourth-order valence-corrected chi connectivity index (χ4v) is 5.89. The minimum Gasteiger partial charge on any atom is -0.454 e. The second-order valence-corrected chi connectivity index (χ2v) is 12.3. The topological polar surface area (TPSA) is 74.4 Å². The Hall–Kier alpha value is -3.10. The number of nitrogens with zero attached hydrogens (tertiary/aromatic N) is 3. The van der Waals surface area contributed by atoms with Crippen molar-refractivity contribution in [1.82, 2.24) is 20.0 Å². The molecule has 5 rings (SSSR count). The number of rotatable bonds is 7. The molecule has 3 aliphatic heterocycles. The summed E-state index contributed by atoms with van der Waals surface area (Å²) in [4.78, 5) is 33.9. The molecule has 0 aliphatic carbocycles. The SMILES string of the molecule is C.Cc1cccc(CN(C(=O)CC(C)(C)C)[C@H]2C[C@@H](C(=O)N3CCNCC3)N(Cc3ccc4c(c3)OCO4)C2)c1. The van der Waals surface area contributed by atoms with E-state index in [2.05, 4.69) is 56.1 Å². The maximum atomic E-state index is 13.9. The molecular formula is C32H46N4O4. The average molecular weight is 551 g/mol. The van der Waals surface area contributed by atoms with Crippen molar-refractivity contribution in [2.45, 2.75) is 73.1 Å². The highest BCUT2D eigenvalue weighted by molar-refractivity contribution is 5.83. The van der Waals surface area contributed by atoms with E-state index in [1.54, 1.807) is 0 Å². The number of ether oxygens (including phenoxy) is 2. The molecule has 3 aliphatic rings. The summed E-state index contributed by atoms with van der Waals surface area (Å²) in [7, 11) is 0. The molecule has 3 heterocycles. The van der Waals surface area contributed by atoms with Crippen LogP contribution >= 0.6 is 0 Å². The minimum absolute atomic E-state index is 0. The number of aryl methyl sites for hydroxylation is 1. The number of piperazine rings is 1. The zero-order valence-corrected chi connectivity index (χ0v) is 23.7. The quantitative estimate of drug-likeness (QED) is 0.557. The second kappa shape index (κ2) is 12.6. The molecule has 0 unspecified atom stereocenters. The van der Waals surface area contributed by atoms with Gasteiger partial charge in [0.25, 0.3) is 0 Å². The second-order valence-electron chi connectivity index (χ2n) is 12.3. The van der Waals surface area contributed by atoms with E-state index in [9.17, 15) is 9.59 Å². The first kappa shape index (κ1) is 29.9. The summed E-state index contributed by atoms with van der Waals surface area (Å²) in [5, 5.41) is 3.34. The molecule has 0 radical (unpaired) electrons. The molecule has 40 heavy (non-hydrogen) atoms. The highest BCUT2D eigenvalue weighted by atomic mass is 16.7. The van der Waals surface area contributed by atoms with Crippen molar-refractivity contribution in [3.63, 3.8) is 0 Å². The number of benzene rings is 2. The average Bonchev–Trinajstić information content (AvgIpc) is 3.53. The number of carbonyl (C=O) groups excluding carboxylic acids is 2. The van der Waals surface area contributed by atoms with Crippen molar-refractivity contribution in [3.05, 3.63) is 59.2 Å². The molecular weight excluding hydrogens is 504 g/mol. The Bertz CT molecular complexity index is 1190. The lowest BCUT2D eigenvalue weighted by atomic mass is 9.91. The Morgan fingerprint density at radius 2 is 1.77 bits per heavy atom. The van der Waals surface area contributed by atoms with Gasteiger partial charge in [-0.05, 0) is 42.0 Å². The van der Waals surface area contributed by atoms with Crippen molar-refractivity contribution in [2.24, 2.45) is 5.41 Å². The van der Waals surface area contributed by atoms with E-state index in [1.165, 1.54) is 5.56 Å². The summed E-state index contributed by atoms with van der Waals surface area (Å²) in [6.07, 6.45) is 1.10. The van der Waals surface area contributed by atoms with E-state index in [-0.39, 0.29) is 43.5 Å². The first-order valence-corrected chi connectivity index (χ1v) is 14.1. The number of carbonyl (C=O) groups is 2. The Kier molecular flexibility index (Phi) is 9.41. The molecule has 8 heteroatoms. The van der Waals surface area contributed by atoms with Gasteiger partial charge >= 0.3 is 0 Å². The van der Waals surface area contributed by atoms with E-state index in [1.807, 2.05) is 34.1 Å². The molecule has 8 nitrogen and oxygen atoms in total. The van der Waals surface area contributed by atoms with Crippen LogP contribution in [0.15, 0.2) is 42.5 Å². The molecule has 2 aromatic carbocycles. The van der Waals surface area contributed by atoms with Crippen molar-refractivity contribution >= 4 is 11.8 Å². The van der Waals surface area contributed by atoms with Crippen LogP contribution < -0.4 is 14.8 Å². The zero-order chi connectivity index (χ0) is 27.6. The molecule has 0 bridgehead atoms. The van der Waals surface area contributed by atoms with E-state index in [0.717, 1.165) is 35.7 Å². The third-order valence-corrected chi connectivity index (χ3v) is 7.80. The minimum atomic E-state index is -0.277. The van der Waals surface area contributed by atoms with E-state index in [0.29, 0.717) is 45.6 Å². The first-order valence-electron chi connectivity index (χ1n) is 14.1. The highest BCUT2D eigenvalue weighted by Gasteiger charge is 2.42. The lowest BCUT2D eigenvalue weighted by Gasteiger charge is -2.33. The number of hydrogen-bond acceptors (Lipinski definition) is 6. The first-order chi connectivity index (χ1) is 18.7. The van der Waals surface area contributed by atoms with E-state index in [4.69, 9.17) is 9.47 Å². The van der Waals surface area contributed by atoms with Crippen LogP contribution in [0, 0.1) is 12.3 Å². The molecule has 0 saturated carbocycles. The van der Waals surface area contributed by atoms with Crippen LogP contribution in [0.1, 0.15) is 57.7 Å². The predicted octanol–water partition coefficient (Wildman–Crippen LogP) is 4.20. The molecule has 2 amide bonds. The zero-order valence-electron chi connectivity index (χ0n) is 23.7. The number of nitrogens with one attached hydrogen (secondary N) is 1. The number of likely N-dealkylation sites (tertiary alicyclic amines) is 1. The van der Waals surface area contributed by atoms with Crippen LogP contribution in [-0.4, -0.2) is 78.1 Å². The van der Waals surface area contributed by atoms with Gasteiger partial charge in [0.05, 0.1) is 6.04 Å². The lowest BCUT2D eigenvalue weighted by molar-refractivity contribution is -0.138. The summed E-state index contributed by atoms with van der Waals surface area (Å²) in [5.74, 6) is 1.81. The smallest absolute Gasteiger partial charge is 0.240 e. The lowest BCUT2D eigenvalue weighted by Crippen LogP contribution is -2.52. The Balaban J connectivity index is 0.00000370. The molecule has 2 saturated heterocycles. The molecule has 2 aromatic rings. The summed E-state index contributed by atoms with van der Waals surface area (Å²) >= 11 is 0. The standard InChI is InChI=1S/C31H42N4O4.CH4/c1-22-6-5-7-23(14-22)19-35(29(36)17-31(2,3)4)25-16-26(30(37)33-12-10-32-11-13-33)34(20-25)18-24-8-9-27-28(15-24)39-21-38-27;/h5-9,14-15,25-26,32H,10-13,16-21H2,1-4H3;1H4/t25-,26-;/m0./s1. The Labute approximate surface area is 239 Å². The van der Waals surface area contributed by atoms with Crippen LogP contribution in [-0.2, 0) is 22.7 Å². The fourth-order valence-electron chi connectivity index (χ4n) is 5.89. The van der Waals surface area contributed by atoms with Gasteiger partial charge in [0.15, 0.2) is 11.5 Å². The monoisotopic (exact) mass is 550 g/mol. The Morgan fingerprint density at radius 1 is 1.02 bits per heavy atom. The summed E-state index contributed by atoms with van der Waals surface area (Å²) in [5.41, 5.74) is 3.25. The maximum Gasteiger partial charge on any atom is 0.240 e. The molecule has 2 atom stereocenters. The van der Waals surface area contributed by atoms with Crippen molar-refractivity contribution in [1.29, 1.82) is 0 Å².